The number of carbonyl (C=O) groups is 2. The first-order valence-electron chi connectivity index (χ1n) is 6.52. The van der Waals surface area contributed by atoms with Crippen molar-refractivity contribution in [1.29, 1.82) is 0 Å². The molecule has 6 nitrogen and oxygen atoms in total. The first-order valence-corrected chi connectivity index (χ1v) is 8.48. The summed E-state index contributed by atoms with van der Waals surface area (Å²) in [7, 11) is -3.49. The molecule has 0 aromatic heterocycles. The summed E-state index contributed by atoms with van der Waals surface area (Å²) in [6.07, 6.45) is 0.931. The van der Waals surface area contributed by atoms with E-state index in [1.165, 1.54) is 11.8 Å². The van der Waals surface area contributed by atoms with Crippen LogP contribution in [0.3, 0.4) is 0 Å². The highest BCUT2D eigenvalue weighted by Crippen LogP contribution is 2.38. The van der Waals surface area contributed by atoms with Gasteiger partial charge in [0.1, 0.15) is 5.25 Å². The van der Waals surface area contributed by atoms with E-state index in [0.29, 0.717) is 5.69 Å². The van der Waals surface area contributed by atoms with Gasteiger partial charge in [0.15, 0.2) is 9.84 Å². The molecular weight excluding hydrogens is 294 g/mol. The van der Waals surface area contributed by atoms with Crippen LogP contribution in [0.1, 0.15) is 24.8 Å². The van der Waals surface area contributed by atoms with Gasteiger partial charge in [0.2, 0.25) is 5.91 Å². The lowest BCUT2D eigenvalue weighted by molar-refractivity contribution is -0.137. The Hall–Kier alpha value is -1.89. The van der Waals surface area contributed by atoms with Crippen molar-refractivity contribution in [2.24, 2.45) is 0 Å². The van der Waals surface area contributed by atoms with Crippen LogP contribution in [0.25, 0.3) is 0 Å². The van der Waals surface area contributed by atoms with Crippen molar-refractivity contribution in [2.75, 3.05) is 17.7 Å². The molecule has 1 aromatic rings. The quantitative estimate of drug-likeness (QED) is 0.896. The summed E-state index contributed by atoms with van der Waals surface area (Å²) in [5.74, 6) is -1.77. The van der Waals surface area contributed by atoms with Crippen molar-refractivity contribution in [1.82, 2.24) is 0 Å². The number of hydrogen-bond donors (Lipinski definition) is 1. The first-order chi connectivity index (χ1) is 9.71. The maximum absolute atomic E-state index is 12.4. The van der Waals surface area contributed by atoms with Crippen molar-refractivity contribution in [2.45, 2.75) is 24.5 Å². The number of hydrogen-bond acceptors (Lipinski definition) is 4. The number of carboxylic acid groups (broad SMARTS) is 1. The van der Waals surface area contributed by atoms with Gasteiger partial charge in [-0.15, -0.1) is 0 Å². The fraction of sp³-hybridized carbons (Fsp3) is 0.429. The van der Waals surface area contributed by atoms with Crippen molar-refractivity contribution < 1.29 is 23.1 Å². The van der Waals surface area contributed by atoms with E-state index in [1.54, 1.807) is 24.3 Å². The third-order valence-corrected chi connectivity index (χ3v) is 5.23. The topological polar surface area (TPSA) is 91.8 Å². The van der Waals surface area contributed by atoms with E-state index >= 15 is 0 Å². The zero-order valence-electron chi connectivity index (χ0n) is 11.8. The molecule has 0 radical (unpaired) electrons. The number of sulfone groups is 1. The Morgan fingerprint density at radius 1 is 1.38 bits per heavy atom. The van der Waals surface area contributed by atoms with Crippen molar-refractivity contribution >= 4 is 27.4 Å². The van der Waals surface area contributed by atoms with E-state index in [0.717, 1.165) is 11.8 Å². The Morgan fingerprint density at radius 2 is 2.00 bits per heavy atom. The van der Waals surface area contributed by atoms with Crippen LogP contribution in [-0.4, -0.2) is 43.5 Å². The van der Waals surface area contributed by atoms with Crippen LogP contribution in [0, 0.1) is 0 Å². The molecule has 0 aliphatic carbocycles. The number of aliphatic carboxylic acids is 1. The second-order valence-electron chi connectivity index (χ2n) is 5.27. The molecule has 21 heavy (non-hydrogen) atoms. The van der Waals surface area contributed by atoms with Gasteiger partial charge < -0.3 is 10.0 Å². The highest BCUT2D eigenvalue weighted by atomic mass is 32.2. The maximum Gasteiger partial charge on any atom is 0.304 e. The van der Waals surface area contributed by atoms with Gasteiger partial charge in [0.05, 0.1) is 6.42 Å². The van der Waals surface area contributed by atoms with Gasteiger partial charge in [-0.2, -0.15) is 0 Å². The number of benzene rings is 1. The van der Waals surface area contributed by atoms with Gasteiger partial charge in [-0.05, 0) is 18.6 Å². The van der Waals surface area contributed by atoms with Crippen molar-refractivity contribution in [3.63, 3.8) is 0 Å². The van der Waals surface area contributed by atoms with E-state index < -0.39 is 27.0 Å². The number of fused-ring (bicyclic) bond motifs is 1. The fourth-order valence-corrected chi connectivity index (χ4v) is 2.99. The Morgan fingerprint density at radius 3 is 2.57 bits per heavy atom. The van der Waals surface area contributed by atoms with Gasteiger partial charge in [-0.25, -0.2) is 8.42 Å². The SMILES string of the molecule is CC(C(=O)N1CC(CC(=O)O)c2ccccc21)S(C)(=O)=O. The molecule has 0 saturated carbocycles. The molecule has 1 N–H and O–H groups in total. The van der Waals surface area contributed by atoms with Gasteiger partial charge >= 0.3 is 5.97 Å². The minimum absolute atomic E-state index is 0.0892. The Kier molecular flexibility index (Phi) is 4.04. The predicted octanol–water partition coefficient (Wildman–Crippen LogP) is 1.02. The highest BCUT2D eigenvalue weighted by Gasteiger charge is 2.37. The van der Waals surface area contributed by atoms with Crippen LogP contribution in [-0.2, 0) is 19.4 Å². The summed E-state index contributed by atoms with van der Waals surface area (Å²) in [6.45, 7) is 1.55. The average molecular weight is 311 g/mol. The summed E-state index contributed by atoms with van der Waals surface area (Å²) in [6, 6.07) is 7.01. The van der Waals surface area contributed by atoms with E-state index in [-0.39, 0.29) is 18.9 Å². The van der Waals surface area contributed by atoms with Crippen LogP contribution < -0.4 is 4.90 Å². The minimum atomic E-state index is -3.49. The predicted molar refractivity (Wildman–Crippen MR) is 78.1 cm³/mol. The lowest BCUT2D eigenvalue weighted by Gasteiger charge is -2.21. The molecule has 1 aromatic carbocycles. The van der Waals surface area contributed by atoms with Crippen LogP contribution in [0.4, 0.5) is 5.69 Å². The summed E-state index contributed by atoms with van der Waals surface area (Å²) < 4.78 is 23.1. The number of rotatable bonds is 4. The second kappa shape index (κ2) is 5.48. The fourth-order valence-electron chi connectivity index (χ4n) is 2.49. The zero-order valence-corrected chi connectivity index (χ0v) is 12.6. The number of nitrogens with zero attached hydrogens (tertiary/aromatic N) is 1. The summed E-state index contributed by atoms with van der Waals surface area (Å²) >= 11 is 0. The molecule has 0 bridgehead atoms. The number of carboxylic acids is 1. The second-order valence-corrected chi connectivity index (χ2v) is 7.64. The van der Waals surface area contributed by atoms with Gasteiger partial charge in [-0.3, -0.25) is 9.59 Å². The average Bonchev–Trinajstić information content (AvgIpc) is 2.74. The summed E-state index contributed by atoms with van der Waals surface area (Å²) in [5.41, 5.74) is 1.37. The largest absolute Gasteiger partial charge is 0.481 e. The van der Waals surface area contributed by atoms with Gasteiger partial charge in [-0.1, -0.05) is 18.2 Å². The number of carbonyl (C=O) groups excluding carboxylic acids is 1. The molecule has 0 fully saturated rings. The van der Waals surface area contributed by atoms with E-state index in [1.807, 2.05) is 0 Å². The van der Waals surface area contributed by atoms with E-state index in [9.17, 15) is 18.0 Å². The molecule has 0 saturated heterocycles. The van der Waals surface area contributed by atoms with Gasteiger partial charge in [0.25, 0.3) is 0 Å². The van der Waals surface area contributed by atoms with Crippen LogP contribution >= 0.6 is 0 Å². The molecule has 1 aliphatic heterocycles. The lowest BCUT2D eigenvalue weighted by Crippen LogP contribution is -2.40. The van der Waals surface area contributed by atoms with E-state index in [4.69, 9.17) is 5.11 Å². The normalized spacial score (nSPS) is 19.1. The Labute approximate surface area is 123 Å². The smallest absolute Gasteiger partial charge is 0.304 e. The molecule has 0 spiro atoms. The minimum Gasteiger partial charge on any atom is -0.481 e. The number of para-hydroxylation sites is 1. The van der Waals surface area contributed by atoms with Crippen molar-refractivity contribution in [3.8, 4) is 0 Å². The molecule has 1 heterocycles. The first kappa shape index (κ1) is 15.5. The number of anilines is 1. The third-order valence-electron chi connectivity index (χ3n) is 3.75. The lowest BCUT2D eigenvalue weighted by atomic mass is 9.98. The third kappa shape index (κ3) is 3.07. The van der Waals surface area contributed by atoms with Gasteiger partial charge in [0, 0.05) is 24.4 Å². The van der Waals surface area contributed by atoms with Crippen LogP contribution in [0.5, 0.6) is 0 Å². The van der Waals surface area contributed by atoms with E-state index in [2.05, 4.69) is 0 Å². The Balaban J connectivity index is 2.35. The van der Waals surface area contributed by atoms with Crippen LogP contribution in [0.2, 0.25) is 0 Å². The zero-order chi connectivity index (χ0) is 15.8. The summed E-state index contributed by atoms with van der Waals surface area (Å²) in [4.78, 5) is 24.7. The molecule has 2 unspecified atom stereocenters. The van der Waals surface area contributed by atoms with Crippen molar-refractivity contribution in [3.05, 3.63) is 29.8 Å². The molecule has 2 rings (SSSR count). The molecule has 1 aliphatic rings. The maximum atomic E-state index is 12.4. The molecular formula is C14H17NO5S. The highest BCUT2D eigenvalue weighted by molar-refractivity contribution is 7.92. The molecule has 1 amide bonds. The monoisotopic (exact) mass is 311 g/mol. The van der Waals surface area contributed by atoms with Crippen LogP contribution in [0.15, 0.2) is 24.3 Å². The summed E-state index contributed by atoms with van der Waals surface area (Å²) in [5, 5.41) is 7.82. The molecule has 114 valence electrons. The molecule has 2 atom stereocenters. The molecule has 7 heteroatoms. The Bertz CT molecular complexity index is 682. The standard InChI is InChI=1S/C14H17NO5S/c1-9(21(2,19)20)14(18)15-8-10(7-13(16)17)11-5-3-4-6-12(11)15/h3-6,9-10H,7-8H2,1-2H3,(H,16,17). The number of amides is 1.